The number of esters is 2. The monoisotopic (exact) mass is 837 g/mol. The fourth-order valence-electron chi connectivity index (χ4n) is 7.00. The van der Waals surface area contributed by atoms with Gasteiger partial charge in [0.15, 0.2) is 0 Å². The lowest BCUT2D eigenvalue weighted by Gasteiger charge is -2.13. The molecule has 0 saturated heterocycles. The molecular formula is C45H41Cl3F3NO5. The number of allylic oxidation sites excluding steroid dienone is 3. The van der Waals surface area contributed by atoms with Gasteiger partial charge in [-0.25, -0.2) is 0 Å². The van der Waals surface area contributed by atoms with Crippen molar-refractivity contribution in [1.82, 2.24) is 0 Å². The van der Waals surface area contributed by atoms with E-state index in [4.69, 9.17) is 49.0 Å². The molecular weight excluding hydrogens is 798 g/mol. The quantitative estimate of drug-likeness (QED) is 0.140. The van der Waals surface area contributed by atoms with Crippen LogP contribution in [-0.2, 0) is 25.7 Å². The Labute approximate surface area is 345 Å². The van der Waals surface area contributed by atoms with E-state index in [1.54, 1.807) is 44.2 Å². The van der Waals surface area contributed by atoms with Gasteiger partial charge in [0.1, 0.15) is 33.7 Å². The molecule has 12 heteroatoms. The molecule has 4 aromatic rings. The van der Waals surface area contributed by atoms with Crippen LogP contribution >= 0.6 is 34.8 Å². The summed E-state index contributed by atoms with van der Waals surface area (Å²) in [5.74, 6) is -1.46. The predicted molar refractivity (Wildman–Crippen MR) is 215 cm³/mol. The van der Waals surface area contributed by atoms with Crippen LogP contribution in [0.4, 0.5) is 13.2 Å². The molecule has 3 unspecified atom stereocenters. The van der Waals surface area contributed by atoms with Crippen molar-refractivity contribution in [1.29, 1.82) is 5.26 Å². The molecule has 0 bridgehead atoms. The summed E-state index contributed by atoms with van der Waals surface area (Å²) in [5, 5.41) is 8.33. The van der Waals surface area contributed by atoms with Gasteiger partial charge in [0.2, 0.25) is 6.10 Å². The number of hydrogen-bond acceptors (Lipinski definition) is 6. The largest absolute Gasteiger partial charge is 0.461 e. The number of halogens is 6. The molecule has 6 rings (SSSR count). The number of hydrogen-bond donors (Lipinski definition) is 0. The second-order valence-corrected chi connectivity index (χ2v) is 16.5. The first-order valence-electron chi connectivity index (χ1n) is 18.1. The number of ether oxygens (including phenoxy) is 3. The van der Waals surface area contributed by atoms with E-state index in [0.717, 1.165) is 28.3 Å². The predicted octanol–water partition coefficient (Wildman–Crippen LogP) is 12.8. The van der Waals surface area contributed by atoms with Crippen LogP contribution in [0.2, 0.25) is 0 Å². The van der Waals surface area contributed by atoms with Gasteiger partial charge in [-0.2, -0.15) is 18.4 Å². The maximum Gasteiger partial charge on any atom is 0.426 e. The molecule has 0 spiro atoms. The van der Waals surface area contributed by atoms with E-state index in [9.17, 15) is 28.0 Å². The van der Waals surface area contributed by atoms with Gasteiger partial charge < -0.3 is 14.2 Å². The lowest BCUT2D eigenvalue weighted by Crippen LogP contribution is -2.14. The van der Waals surface area contributed by atoms with E-state index in [0.29, 0.717) is 17.1 Å². The smallest absolute Gasteiger partial charge is 0.426 e. The van der Waals surface area contributed by atoms with Crippen LogP contribution in [0.15, 0.2) is 125 Å². The number of alkyl halides is 3. The molecule has 5 atom stereocenters. The molecule has 0 radical (unpaired) electrons. The Balaban J connectivity index is 0.000000218. The summed E-state index contributed by atoms with van der Waals surface area (Å²) in [4.78, 5) is 25.1. The number of nitrogens with zero attached hydrogens (tertiary/aromatic N) is 1. The van der Waals surface area contributed by atoms with Gasteiger partial charge >= 0.3 is 18.1 Å². The average Bonchev–Trinajstić information content (AvgIpc) is 3.93. The van der Waals surface area contributed by atoms with Crippen molar-refractivity contribution >= 4 is 46.7 Å². The second kappa shape index (κ2) is 17.8. The molecule has 0 aliphatic heterocycles. The second-order valence-electron chi connectivity index (χ2n) is 15.1. The van der Waals surface area contributed by atoms with E-state index < -0.39 is 46.5 Å². The average molecular weight is 839 g/mol. The zero-order valence-corrected chi connectivity index (χ0v) is 34.1. The third-order valence-corrected chi connectivity index (χ3v) is 11.2. The summed E-state index contributed by atoms with van der Waals surface area (Å²) >= 11 is 16.8. The lowest BCUT2D eigenvalue weighted by molar-refractivity contribution is -0.149. The van der Waals surface area contributed by atoms with E-state index in [1.165, 1.54) is 0 Å². The molecule has 298 valence electrons. The van der Waals surface area contributed by atoms with Crippen LogP contribution < -0.4 is 4.74 Å². The van der Waals surface area contributed by atoms with E-state index >= 15 is 0 Å². The summed E-state index contributed by atoms with van der Waals surface area (Å²) in [6.07, 6.45) is -3.07. The molecule has 0 amide bonds. The Hall–Kier alpha value is -4.75. The third-order valence-electron chi connectivity index (χ3n) is 10.6. The lowest BCUT2D eigenvalue weighted by atomic mass is 9.97. The fraction of sp³-hybridized carbons (Fsp3) is 0.311. The topological polar surface area (TPSA) is 85.6 Å². The first-order valence-corrected chi connectivity index (χ1v) is 19.2. The van der Waals surface area contributed by atoms with Crippen LogP contribution in [0.5, 0.6) is 11.5 Å². The molecule has 57 heavy (non-hydrogen) atoms. The summed E-state index contributed by atoms with van der Waals surface area (Å²) in [5.41, 5.74) is 3.58. The minimum atomic E-state index is -4.61. The highest BCUT2D eigenvalue weighted by molar-refractivity contribution is 6.55. The highest BCUT2D eigenvalue weighted by Gasteiger charge is 2.63. The van der Waals surface area contributed by atoms with E-state index in [-0.39, 0.29) is 28.3 Å². The highest BCUT2D eigenvalue weighted by atomic mass is 35.5. The Kier molecular flexibility index (Phi) is 13.5. The Morgan fingerprint density at radius 2 is 1.35 bits per heavy atom. The summed E-state index contributed by atoms with van der Waals surface area (Å²) < 4.78 is 54.9. The van der Waals surface area contributed by atoms with Crippen molar-refractivity contribution in [2.24, 2.45) is 34.5 Å². The highest BCUT2D eigenvalue weighted by Crippen LogP contribution is 2.61. The van der Waals surface area contributed by atoms with Crippen molar-refractivity contribution in [2.45, 2.75) is 53.5 Å². The summed E-state index contributed by atoms with van der Waals surface area (Å²) in [6, 6.07) is 33.9. The van der Waals surface area contributed by atoms with Crippen molar-refractivity contribution in [2.75, 3.05) is 0 Å². The molecule has 2 aliphatic rings. The molecule has 0 aromatic heterocycles. The van der Waals surface area contributed by atoms with Crippen molar-refractivity contribution < 1.29 is 37.0 Å². The number of benzene rings is 4. The zero-order chi connectivity index (χ0) is 41.7. The Bertz CT molecular complexity index is 2180. The van der Waals surface area contributed by atoms with Gasteiger partial charge in [0.25, 0.3) is 0 Å². The normalized spacial score (nSPS) is 20.7. The molecule has 2 aliphatic carbocycles. The third kappa shape index (κ3) is 10.6. The Morgan fingerprint density at radius 1 is 0.789 bits per heavy atom. The van der Waals surface area contributed by atoms with Gasteiger partial charge in [-0.3, -0.25) is 9.59 Å². The van der Waals surface area contributed by atoms with E-state index in [1.807, 2.05) is 106 Å². The van der Waals surface area contributed by atoms with Gasteiger partial charge in [-0.1, -0.05) is 147 Å². The number of nitriles is 1. The molecule has 2 fully saturated rings. The molecule has 0 heterocycles. The van der Waals surface area contributed by atoms with Crippen LogP contribution in [0.25, 0.3) is 11.1 Å². The summed E-state index contributed by atoms with van der Waals surface area (Å²) in [6.45, 7) is 9.38. The molecule has 2 saturated carbocycles. The first-order chi connectivity index (χ1) is 26.9. The molecule has 4 aromatic carbocycles. The van der Waals surface area contributed by atoms with Crippen molar-refractivity contribution in [3.05, 3.63) is 141 Å². The van der Waals surface area contributed by atoms with Crippen molar-refractivity contribution in [3.63, 3.8) is 0 Å². The standard InChI is InChI=1S/C23H22ClF3O2.C22H19Cl2NO3/c1-14-16(10-7-11-17(14)15-8-5-4-6-9-15)13-29-21(28)20-18(22(20,2)3)12-19(24)23(25,26)27;1-22(2)17(12-19(23)24)20(22)21(26)28-18(13-25)14-7-6-10-16(11-14)27-15-8-4-3-5-9-15/h4-12,18,20H,13H2,1-3H3;3-12,17-18,20H,1-2H3/b19-12-;/t18-,20-;/m0./s1. The molecule has 6 nitrogen and oxygen atoms in total. The minimum absolute atomic E-state index is 0.0708. The van der Waals surface area contributed by atoms with Crippen LogP contribution in [0.1, 0.15) is 50.5 Å². The van der Waals surface area contributed by atoms with Crippen molar-refractivity contribution in [3.8, 4) is 28.7 Å². The Morgan fingerprint density at radius 3 is 1.95 bits per heavy atom. The van der Waals surface area contributed by atoms with Crippen LogP contribution in [0.3, 0.4) is 0 Å². The molecule has 0 N–H and O–H groups in total. The first kappa shape index (κ1) is 43.4. The van der Waals surface area contributed by atoms with E-state index in [2.05, 4.69) is 0 Å². The van der Waals surface area contributed by atoms with Gasteiger partial charge in [-0.05, 0) is 82.2 Å². The van der Waals surface area contributed by atoms with Crippen LogP contribution in [-0.4, -0.2) is 18.1 Å². The number of para-hydroxylation sites is 1. The fourth-order valence-corrected chi connectivity index (χ4v) is 7.41. The summed E-state index contributed by atoms with van der Waals surface area (Å²) in [7, 11) is 0. The SMILES string of the molecule is CC1(C)C(C=C(Cl)Cl)C1C(=O)OC(C#N)c1cccc(Oc2ccccc2)c1.Cc1c(COC(=O)[C@@H]2[C@H](/C=C(\Cl)C(F)(F)F)C2(C)C)cccc1-c1ccccc1. The maximum atomic E-state index is 12.7. The van der Waals surface area contributed by atoms with Gasteiger partial charge in [0, 0.05) is 5.56 Å². The van der Waals surface area contributed by atoms with Gasteiger partial charge in [0.05, 0.1) is 11.8 Å². The maximum absolute atomic E-state index is 12.7. The number of carbonyl (C=O) groups is 2. The minimum Gasteiger partial charge on any atom is -0.461 e. The number of carbonyl (C=O) groups excluding carboxylic acids is 2. The number of rotatable bonds is 11. The van der Waals surface area contributed by atoms with Crippen LogP contribution in [0, 0.1) is 52.8 Å². The van der Waals surface area contributed by atoms with Gasteiger partial charge in [-0.15, -0.1) is 0 Å². The zero-order valence-electron chi connectivity index (χ0n) is 31.8.